The van der Waals surface area contributed by atoms with Gasteiger partial charge in [-0.3, -0.25) is 0 Å². The summed E-state index contributed by atoms with van der Waals surface area (Å²) in [6.07, 6.45) is -4.76. The van der Waals surface area contributed by atoms with Crippen LogP contribution < -0.4 is 10.5 Å². The van der Waals surface area contributed by atoms with Gasteiger partial charge in [-0.1, -0.05) is 0 Å². The molecule has 0 aliphatic heterocycles. The van der Waals surface area contributed by atoms with Crippen LogP contribution >= 0.6 is 50.1 Å². The fourth-order valence-electron chi connectivity index (χ4n) is 1.01. The quantitative estimate of drug-likeness (QED) is 0.321. The molecule has 1 rings (SSSR count). The molecular weight excluding hydrogens is 451 g/mol. The summed E-state index contributed by atoms with van der Waals surface area (Å²) in [6.45, 7) is 0. The van der Waals surface area contributed by atoms with Crippen LogP contribution in [-0.2, 0) is 0 Å². The van der Waals surface area contributed by atoms with Gasteiger partial charge >= 0.3 is 6.36 Å². The number of nitrogens with two attached hydrogens (primary N) is 1. The highest BCUT2D eigenvalue weighted by Gasteiger charge is 2.31. The van der Waals surface area contributed by atoms with Crippen molar-refractivity contribution < 1.29 is 17.9 Å². The van der Waals surface area contributed by atoms with Gasteiger partial charge in [0, 0.05) is 10.5 Å². The monoisotopic (exact) mass is 456 g/mol. The Morgan fingerprint density at radius 1 is 1.50 bits per heavy atom. The number of aliphatic imine (C=N–C) groups is 1. The van der Waals surface area contributed by atoms with Gasteiger partial charge in [-0.15, -0.1) is 24.8 Å². The molecule has 0 aliphatic rings. The summed E-state index contributed by atoms with van der Waals surface area (Å²) in [7, 11) is 0. The van der Waals surface area contributed by atoms with Gasteiger partial charge in [0.25, 0.3) is 0 Å². The van der Waals surface area contributed by atoms with Crippen LogP contribution in [0.25, 0.3) is 0 Å². The zero-order valence-corrected chi connectivity index (χ0v) is 13.1. The zero-order valence-electron chi connectivity index (χ0n) is 8.56. The second kappa shape index (κ2) is 6.29. The van der Waals surface area contributed by atoms with Gasteiger partial charge in [0.15, 0.2) is 0 Å². The molecule has 3 nitrogen and oxygen atoms in total. The SMILES string of the molecule is NC(CCl)=Nc1cc(OC(F)(F)F)cc(Br)c1I. The Hall–Kier alpha value is -0.220. The van der Waals surface area contributed by atoms with E-state index in [1.165, 1.54) is 6.07 Å². The van der Waals surface area contributed by atoms with Crippen molar-refractivity contribution in [3.05, 3.63) is 20.2 Å². The number of benzene rings is 1. The predicted molar refractivity (Wildman–Crippen MR) is 75.5 cm³/mol. The largest absolute Gasteiger partial charge is 0.573 e. The molecule has 0 spiro atoms. The lowest BCUT2D eigenvalue weighted by atomic mass is 10.3. The van der Waals surface area contributed by atoms with Gasteiger partial charge in [0.1, 0.15) is 11.6 Å². The molecule has 0 saturated heterocycles. The number of halogens is 6. The lowest BCUT2D eigenvalue weighted by Crippen LogP contribution is -2.17. The summed E-state index contributed by atoms with van der Waals surface area (Å²) in [5.74, 6) is -0.292. The maximum absolute atomic E-state index is 12.1. The van der Waals surface area contributed by atoms with E-state index in [-0.39, 0.29) is 23.2 Å². The molecule has 1 aromatic rings. The van der Waals surface area contributed by atoms with E-state index in [9.17, 15) is 13.2 Å². The molecule has 2 N–H and O–H groups in total. The second-order valence-corrected chi connectivity index (χ2v) is 5.22. The summed E-state index contributed by atoms with van der Waals surface area (Å²) in [5.41, 5.74) is 5.69. The summed E-state index contributed by atoms with van der Waals surface area (Å²) in [4.78, 5) is 3.91. The Labute approximate surface area is 128 Å². The standard InChI is InChI=1S/C9H6BrClF3IN2O/c10-5-1-4(18-9(12,13)14)2-6(8(5)15)17-7(16)3-11/h1-2H,3H2,(H2,16,17). The van der Waals surface area contributed by atoms with Crippen molar-refractivity contribution in [2.75, 3.05) is 5.88 Å². The molecule has 100 valence electrons. The summed E-state index contributed by atoms with van der Waals surface area (Å²) < 4.78 is 41.2. The minimum atomic E-state index is -4.76. The smallest absolute Gasteiger partial charge is 0.406 e. The average molecular weight is 457 g/mol. The van der Waals surface area contributed by atoms with Gasteiger partial charge in [0.2, 0.25) is 0 Å². The minimum absolute atomic E-state index is 0.0158. The van der Waals surface area contributed by atoms with Gasteiger partial charge in [-0.2, -0.15) is 0 Å². The van der Waals surface area contributed by atoms with Gasteiger partial charge in [-0.05, 0) is 44.6 Å². The lowest BCUT2D eigenvalue weighted by molar-refractivity contribution is -0.274. The molecule has 0 atom stereocenters. The van der Waals surface area contributed by atoms with E-state index in [4.69, 9.17) is 17.3 Å². The molecule has 0 radical (unpaired) electrons. The van der Waals surface area contributed by atoms with Crippen LogP contribution in [-0.4, -0.2) is 18.1 Å². The minimum Gasteiger partial charge on any atom is -0.406 e. The van der Waals surface area contributed by atoms with Crippen LogP contribution in [0, 0.1) is 3.57 Å². The molecule has 1 aromatic carbocycles. The third kappa shape index (κ3) is 4.81. The van der Waals surface area contributed by atoms with Gasteiger partial charge in [-0.25, -0.2) is 4.99 Å². The Kier molecular flexibility index (Phi) is 5.53. The molecule has 0 unspecified atom stereocenters. The Morgan fingerprint density at radius 3 is 2.61 bits per heavy atom. The second-order valence-electron chi connectivity index (χ2n) is 3.02. The van der Waals surface area contributed by atoms with E-state index >= 15 is 0 Å². The molecule has 9 heteroatoms. The van der Waals surface area contributed by atoms with Crippen LogP contribution in [0.1, 0.15) is 0 Å². The van der Waals surface area contributed by atoms with Crippen molar-refractivity contribution in [2.24, 2.45) is 10.7 Å². The molecule has 0 amide bonds. The topological polar surface area (TPSA) is 47.6 Å². The first kappa shape index (κ1) is 15.8. The van der Waals surface area contributed by atoms with Crippen molar-refractivity contribution in [3.63, 3.8) is 0 Å². The molecule has 0 saturated carbocycles. The summed E-state index contributed by atoms with van der Waals surface area (Å²) in [5, 5.41) is 0. The van der Waals surface area contributed by atoms with Crippen LogP contribution in [0.2, 0.25) is 0 Å². The molecule has 0 bridgehead atoms. The molecular formula is C9H6BrClF3IN2O. The predicted octanol–water partition coefficient (Wildman–Crippen LogP) is 4.18. The summed E-state index contributed by atoms with van der Waals surface area (Å²) in [6, 6.07) is 2.34. The molecule has 0 aromatic heterocycles. The van der Waals surface area contributed by atoms with E-state index in [2.05, 4.69) is 25.7 Å². The molecule has 0 aliphatic carbocycles. The fraction of sp³-hybridized carbons (Fsp3) is 0.222. The first-order valence-electron chi connectivity index (χ1n) is 4.36. The number of alkyl halides is 4. The molecule has 18 heavy (non-hydrogen) atoms. The van der Waals surface area contributed by atoms with Crippen molar-refractivity contribution >= 4 is 61.6 Å². The lowest BCUT2D eigenvalue weighted by Gasteiger charge is -2.11. The van der Waals surface area contributed by atoms with E-state index < -0.39 is 6.36 Å². The van der Waals surface area contributed by atoms with E-state index in [0.29, 0.717) is 8.04 Å². The van der Waals surface area contributed by atoms with Gasteiger partial charge in [0.05, 0.1) is 15.1 Å². The van der Waals surface area contributed by atoms with Crippen LogP contribution in [0.15, 0.2) is 21.6 Å². The number of hydrogen-bond acceptors (Lipinski definition) is 2. The third-order valence-electron chi connectivity index (χ3n) is 1.62. The number of amidine groups is 1. The zero-order chi connectivity index (χ0) is 13.9. The first-order chi connectivity index (χ1) is 8.23. The summed E-state index contributed by atoms with van der Waals surface area (Å²) >= 11 is 10.5. The van der Waals surface area contributed by atoms with E-state index in [1.807, 2.05) is 22.6 Å². The molecule has 0 heterocycles. The first-order valence-corrected chi connectivity index (χ1v) is 6.77. The van der Waals surface area contributed by atoms with Crippen LogP contribution in [0.4, 0.5) is 18.9 Å². The Morgan fingerprint density at radius 2 is 2.11 bits per heavy atom. The normalized spacial score (nSPS) is 12.7. The number of hydrogen-bond donors (Lipinski definition) is 1. The van der Waals surface area contributed by atoms with Crippen LogP contribution in [0.3, 0.4) is 0 Å². The highest BCUT2D eigenvalue weighted by molar-refractivity contribution is 14.1. The number of rotatable bonds is 3. The highest BCUT2D eigenvalue weighted by atomic mass is 127. The fourth-order valence-corrected chi connectivity index (χ4v) is 1.93. The van der Waals surface area contributed by atoms with Crippen molar-refractivity contribution in [1.82, 2.24) is 0 Å². The Bertz CT molecular complexity index is 482. The van der Waals surface area contributed by atoms with E-state index in [1.54, 1.807) is 0 Å². The van der Waals surface area contributed by atoms with Gasteiger partial charge < -0.3 is 10.5 Å². The molecule has 0 fully saturated rings. The number of nitrogens with zero attached hydrogens (tertiary/aromatic N) is 1. The highest BCUT2D eigenvalue weighted by Crippen LogP contribution is 2.35. The average Bonchev–Trinajstić information content (AvgIpc) is 2.22. The maximum Gasteiger partial charge on any atom is 0.573 e. The maximum atomic E-state index is 12.1. The van der Waals surface area contributed by atoms with Crippen LogP contribution in [0.5, 0.6) is 5.75 Å². The Balaban J connectivity index is 3.19. The van der Waals surface area contributed by atoms with Crippen molar-refractivity contribution in [2.45, 2.75) is 6.36 Å². The van der Waals surface area contributed by atoms with E-state index in [0.717, 1.165) is 6.07 Å². The van der Waals surface area contributed by atoms with Crippen molar-refractivity contribution in [1.29, 1.82) is 0 Å². The number of ether oxygens (including phenoxy) is 1. The third-order valence-corrected chi connectivity index (χ3v) is 4.39. The van der Waals surface area contributed by atoms with Crippen molar-refractivity contribution in [3.8, 4) is 5.75 Å².